The number of hydrogen-bond acceptors (Lipinski definition) is 3. The van der Waals surface area contributed by atoms with Gasteiger partial charge in [-0.05, 0) is 36.3 Å². The third kappa shape index (κ3) is 2.62. The smallest absolute Gasteiger partial charge is 0.109 e. The van der Waals surface area contributed by atoms with Crippen LogP contribution in [0.1, 0.15) is 23.4 Å². The normalized spacial score (nSPS) is 19.6. The molecule has 3 N–H and O–H groups in total. The molecule has 1 aliphatic rings. The van der Waals surface area contributed by atoms with E-state index in [-0.39, 0.29) is 6.04 Å². The zero-order valence-electron chi connectivity index (χ0n) is 11.9. The van der Waals surface area contributed by atoms with E-state index in [0.717, 1.165) is 25.1 Å². The quantitative estimate of drug-likeness (QED) is 0.655. The second-order valence-corrected chi connectivity index (χ2v) is 5.70. The number of aryl methyl sites for hydroxylation is 2. The Morgan fingerprint density at radius 2 is 2.20 bits per heavy atom. The first-order chi connectivity index (χ1) is 9.78. The molecule has 1 aromatic heterocycles. The summed E-state index contributed by atoms with van der Waals surface area (Å²) in [7, 11) is 2.03. The monoisotopic (exact) mass is 270 g/mol. The number of aromatic nitrogens is 2. The van der Waals surface area contributed by atoms with Crippen molar-refractivity contribution in [1.82, 2.24) is 15.0 Å². The van der Waals surface area contributed by atoms with Crippen molar-refractivity contribution in [3.8, 4) is 0 Å². The van der Waals surface area contributed by atoms with Crippen molar-refractivity contribution < 1.29 is 0 Å². The van der Waals surface area contributed by atoms with Crippen molar-refractivity contribution in [1.29, 1.82) is 0 Å². The van der Waals surface area contributed by atoms with E-state index in [1.807, 2.05) is 19.4 Å². The molecule has 1 aromatic carbocycles. The van der Waals surface area contributed by atoms with Crippen LogP contribution in [0, 0.1) is 5.92 Å². The van der Waals surface area contributed by atoms with Gasteiger partial charge in [-0.2, -0.15) is 0 Å². The fraction of sp³-hybridized carbons (Fsp3) is 0.438. The molecule has 0 fully saturated rings. The third-order valence-electron chi connectivity index (χ3n) is 4.49. The topological polar surface area (TPSA) is 55.9 Å². The van der Waals surface area contributed by atoms with E-state index in [4.69, 9.17) is 5.84 Å². The van der Waals surface area contributed by atoms with Gasteiger partial charge < -0.3 is 4.57 Å². The van der Waals surface area contributed by atoms with Crippen molar-refractivity contribution in [3.63, 3.8) is 0 Å². The number of nitrogens with two attached hydrogens (primary N) is 1. The number of rotatable bonds is 4. The molecular weight excluding hydrogens is 248 g/mol. The Labute approximate surface area is 120 Å². The molecule has 2 atom stereocenters. The summed E-state index contributed by atoms with van der Waals surface area (Å²) >= 11 is 0. The van der Waals surface area contributed by atoms with E-state index >= 15 is 0 Å². The first kappa shape index (κ1) is 13.3. The second kappa shape index (κ2) is 5.77. The van der Waals surface area contributed by atoms with Crippen LogP contribution in [0.2, 0.25) is 0 Å². The zero-order chi connectivity index (χ0) is 13.9. The molecule has 1 heterocycles. The Bertz CT molecular complexity index is 575. The Balaban J connectivity index is 1.73. The molecule has 0 spiro atoms. The minimum absolute atomic E-state index is 0.282. The predicted octanol–water partition coefficient (Wildman–Crippen LogP) is 1.60. The molecule has 0 aliphatic heterocycles. The average molecular weight is 270 g/mol. The lowest BCUT2D eigenvalue weighted by Gasteiger charge is -2.31. The first-order valence-corrected chi connectivity index (χ1v) is 7.27. The van der Waals surface area contributed by atoms with E-state index in [1.165, 1.54) is 17.5 Å². The van der Waals surface area contributed by atoms with Gasteiger partial charge in [0, 0.05) is 31.9 Å². The number of nitrogens with zero attached hydrogens (tertiary/aromatic N) is 2. The van der Waals surface area contributed by atoms with Crippen LogP contribution in [-0.4, -0.2) is 15.6 Å². The highest BCUT2D eigenvalue weighted by molar-refractivity contribution is 5.30. The van der Waals surface area contributed by atoms with Gasteiger partial charge in [-0.3, -0.25) is 11.3 Å². The standard InChI is InChI=1S/C16H22N4/c1-20-9-8-18-16(20)11-15(19-17)14-7-6-12-4-2-3-5-13(12)10-14/h2-5,8-9,14-15,19H,6-7,10-11,17H2,1H3. The minimum atomic E-state index is 0.282. The van der Waals surface area contributed by atoms with Gasteiger partial charge in [0.25, 0.3) is 0 Å². The van der Waals surface area contributed by atoms with Crippen molar-refractivity contribution in [2.45, 2.75) is 31.7 Å². The van der Waals surface area contributed by atoms with E-state index in [2.05, 4.69) is 39.2 Å². The Kier molecular flexibility index (Phi) is 3.85. The average Bonchev–Trinajstić information content (AvgIpc) is 2.89. The summed E-state index contributed by atoms with van der Waals surface area (Å²) in [6, 6.07) is 9.03. The van der Waals surface area contributed by atoms with Crippen molar-refractivity contribution in [3.05, 3.63) is 53.6 Å². The summed E-state index contributed by atoms with van der Waals surface area (Å²) in [5, 5.41) is 0. The van der Waals surface area contributed by atoms with Gasteiger partial charge >= 0.3 is 0 Å². The second-order valence-electron chi connectivity index (χ2n) is 5.70. The first-order valence-electron chi connectivity index (χ1n) is 7.27. The molecule has 2 unspecified atom stereocenters. The highest BCUT2D eigenvalue weighted by atomic mass is 15.2. The number of nitrogens with one attached hydrogen (secondary N) is 1. The van der Waals surface area contributed by atoms with E-state index in [0.29, 0.717) is 5.92 Å². The molecule has 1 aliphatic carbocycles. The van der Waals surface area contributed by atoms with Crippen LogP contribution in [0.25, 0.3) is 0 Å². The van der Waals surface area contributed by atoms with Crippen LogP contribution in [0.3, 0.4) is 0 Å². The number of imidazole rings is 1. The largest absolute Gasteiger partial charge is 0.338 e. The highest BCUT2D eigenvalue weighted by Gasteiger charge is 2.26. The van der Waals surface area contributed by atoms with Crippen LogP contribution in [-0.2, 0) is 26.3 Å². The van der Waals surface area contributed by atoms with Gasteiger partial charge in [-0.1, -0.05) is 24.3 Å². The van der Waals surface area contributed by atoms with Gasteiger partial charge in [-0.15, -0.1) is 0 Å². The number of hydrogen-bond donors (Lipinski definition) is 2. The molecular formula is C16H22N4. The summed E-state index contributed by atoms with van der Waals surface area (Å²) in [5.41, 5.74) is 5.99. The number of fused-ring (bicyclic) bond motifs is 1. The fourth-order valence-electron chi connectivity index (χ4n) is 3.22. The maximum absolute atomic E-state index is 5.80. The summed E-state index contributed by atoms with van der Waals surface area (Å²) in [6.07, 6.45) is 8.16. The summed E-state index contributed by atoms with van der Waals surface area (Å²) < 4.78 is 2.07. The number of hydrazine groups is 1. The highest BCUT2D eigenvalue weighted by Crippen LogP contribution is 2.28. The Morgan fingerprint density at radius 1 is 1.40 bits per heavy atom. The predicted molar refractivity (Wildman–Crippen MR) is 80.0 cm³/mol. The Morgan fingerprint density at radius 3 is 2.90 bits per heavy atom. The van der Waals surface area contributed by atoms with Crippen molar-refractivity contribution >= 4 is 0 Å². The summed E-state index contributed by atoms with van der Waals surface area (Å²) in [4.78, 5) is 4.41. The molecule has 106 valence electrons. The van der Waals surface area contributed by atoms with Gasteiger partial charge in [0.1, 0.15) is 5.82 Å². The molecule has 0 saturated heterocycles. The molecule has 4 heteroatoms. The summed E-state index contributed by atoms with van der Waals surface area (Å²) in [5.74, 6) is 7.47. The van der Waals surface area contributed by atoms with Crippen molar-refractivity contribution in [2.75, 3.05) is 0 Å². The van der Waals surface area contributed by atoms with Crippen LogP contribution in [0.5, 0.6) is 0 Å². The van der Waals surface area contributed by atoms with E-state index in [1.54, 1.807) is 0 Å². The van der Waals surface area contributed by atoms with Crippen LogP contribution in [0.15, 0.2) is 36.7 Å². The summed E-state index contributed by atoms with van der Waals surface area (Å²) in [6.45, 7) is 0. The maximum Gasteiger partial charge on any atom is 0.109 e. The van der Waals surface area contributed by atoms with Gasteiger partial charge in [0.15, 0.2) is 0 Å². The lowest BCUT2D eigenvalue weighted by molar-refractivity contribution is 0.316. The SMILES string of the molecule is Cn1ccnc1CC(NN)C1CCc2ccccc2C1. The number of benzene rings is 1. The molecule has 3 rings (SSSR count). The fourth-order valence-corrected chi connectivity index (χ4v) is 3.22. The maximum atomic E-state index is 5.80. The van der Waals surface area contributed by atoms with Crippen LogP contribution in [0.4, 0.5) is 0 Å². The van der Waals surface area contributed by atoms with Gasteiger partial charge in [0.2, 0.25) is 0 Å². The van der Waals surface area contributed by atoms with Gasteiger partial charge in [-0.25, -0.2) is 4.98 Å². The Hall–Kier alpha value is -1.65. The zero-order valence-corrected chi connectivity index (χ0v) is 11.9. The van der Waals surface area contributed by atoms with Crippen molar-refractivity contribution in [2.24, 2.45) is 18.8 Å². The molecule has 20 heavy (non-hydrogen) atoms. The third-order valence-corrected chi connectivity index (χ3v) is 4.49. The lowest BCUT2D eigenvalue weighted by Crippen LogP contribution is -2.44. The van der Waals surface area contributed by atoms with E-state index in [9.17, 15) is 0 Å². The molecule has 2 aromatic rings. The lowest BCUT2D eigenvalue weighted by atomic mass is 9.79. The van der Waals surface area contributed by atoms with E-state index < -0.39 is 0 Å². The molecule has 0 amide bonds. The molecule has 0 saturated carbocycles. The molecule has 4 nitrogen and oxygen atoms in total. The van der Waals surface area contributed by atoms with Crippen LogP contribution < -0.4 is 11.3 Å². The minimum Gasteiger partial charge on any atom is -0.338 e. The molecule has 0 radical (unpaired) electrons. The van der Waals surface area contributed by atoms with Crippen LogP contribution >= 0.6 is 0 Å². The molecule has 0 bridgehead atoms. The van der Waals surface area contributed by atoms with Gasteiger partial charge in [0.05, 0.1) is 0 Å².